The number of piperidine rings is 1. The van der Waals surface area contributed by atoms with Gasteiger partial charge >= 0.3 is 0 Å². The number of fused-ring (bicyclic) bond motifs is 1. The monoisotopic (exact) mass is 324 g/mol. The zero-order chi connectivity index (χ0) is 16.1. The third-order valence-electron chi connectivity index (χ3n) is 5.03. The Hall–Kier alpha value is -2.51. The first kappa shape index (κ1) is 13.9. The Balaban J connectivity index is 1.48. The summed E-state index contributed by atoms with van der Waals surface area (Å²) < 4.78 is 2.28. The highest BCUT2D eigenvalue weighted by Crippen LogP contribution is 2.38. The fourth-order valence-electron chi connectivity index (χ4n) is 3.73. The van der Waals surface area contributed by atoms with E-state index in [4.69, 9.17) is 4.98 Å². The summed E-state index contributed by atoms with van der Waals surface area (Å²) in [6.45, 7) is 3.85. The molecule has 124 valence electrons. The van der Waals surface area contributed by atoms with Crippen LogP contribution in [0.1, 0.15) is 49.3 Å². The molecule has 3 aromatic rings. The van der Waals surface area contributed by atoms with Crippen LogP contribution >= 0.6 is 0 Å². The van der Waals surface area contributed by atoms with E-state index >= 15 is 0 Å². The number of anilines is 1. The molecule has 2 fully saturated rings. The Morgan fingerprint density at radius 2 is 2.12 bits per heavy atom. The minimum atomic E-state index is 0.402. The molecule has 0 radical (unpaired) electrons. The van der Waals surface area contributed by atoms with Crippen LogP contribution in [0.3, 0.4) is 0 Å². The smallest absolute Gasteiger partial charge is 0.161 e. The molecule has 0 amide bonds. The average molecular weight is 324 g/mol. The lowest BCUT2D eigenvalue weighted by atomic mass is 9.97. The molecule has 0 aromatic carbocycles. The highest BCUT2D eigenvalue weighted by atomic mass is 15.3. The summed E-state index contributed by atoms with van der Waals surface area (Å²) in [5, 5.41) is 16.7. The van der Waals surface area contributed by atoms with Crippen LogP contribution in [0.5, 0.6) is 0 Å². The third kappa shape index (κ3) is 2.24. The van der Waals surface area contributed by atoms with E-state index in [2.05, 4.69) is 34.8 Å². The van der Waals surface area contributed by atoms with Crippen LogP contribution in [0.4, 0.5) is 5.82 Å². The summed E-state index contributed by atoms with van der Waals surface area (Å²) in [6, 6.07) is 0.618. The van der Waals surface area contributed by atoms with Crippen LogP contribution in [0, 0.1) is 6.92 Å². The second kappa shape index (κ2) is 5.25. The largest absolute Gasteiger partial charge is 0.355 e. The molecule has 1 saturated heterocycles. The molecule has 1 aliphatic carbocycles. The van der Waals surface area contributed by atoms with Crippen LogP contribution < -0.4 is 4.90 Å². The molecule has 1 saturated carbocycles. The fraction of sp³-hybridized carbons (Fsp3) is 0.562. The molecule has 4 heterocycles. The molecule has 1 unspecified atom stereocenters. The van der Waals surface area contributed by atoms with Gasteiger partial charge in [0.05, 0.1) is 11.6 Å². The maximum atomic E-state index is 4.69. The molecule has 24 heavy (non-hydrogen) atoms. The molecular formula is C16H20N8. The van der Waals surface area contributed by atoms with Crippen molar-refractivity contribution in [1.82, 2.24) is 34.9 Å². The molecule has 8 nitrogen and oxygen atoms in total. The molecule has 2 aliphatic rings. The van der Waals surface area contributed by atoms with Gasteiger partial charge in [-0.25, -0.2) is 9.97 Å². The Bertz CT molecular complexity index is 877. The van der Waals surface area contributed by atoms with Crippen molar-refractivity contribution in [3.8, 4) is 0 Å². The van der Waals surface area contributed by atoms with Crippen molar-refractivity contribution in [1.29, 1.82) is 0 Å². The summed E-state index contributed by atoms with van der Waals surface area (Å²) in [4.78, 5) is 11.5. The number of rotatable bonds is 3. The second-order valence-corrected chi connectivity index (χ2v) is 6.84. The van der Waals surface area contributed by atoms with Crippen molar-refractivity contribution in [3.63, 3.8) is 0 Å². The van der Waals surface area contributed by atoms with E-state index in [0.717, 1.165) is 54.4 Å². The second-order valence-electron chi connectivity index (χ2n) is 6.84. The van der Waals surface area contributed by atoms with E-state index < -0.39 is 0 Å². The Morgan fingerprint density at radius 1 is 1.21 bits per heavy atom. The standard InChI is InChI=1S/C16H20N8/c1-10-19-14-13(7-17-21-14)16(20-10)23-6-2-3-11(8-23)15-22-18-9-24(15)12-4-5-12/h7,9,11-12H,2-6,8H2,1H3,(H,17,19,20,21). The van der Waals surface area contributed by atoms with Crippen molar-refractivity contribution >= 4 is 16.9 Å². The van der Waals surface area contributed by atoms with E-state index in [1.54, 1.807) is 0 Å². The number of aromatic amines is 1. The van der Waals surface area contributed by atoms with Crippen LogP contribution in [-0.2, 0) is 0 Å². The van der Waals surface area contributed by atoms with E-state index in [-0.39, 0.29) is 0 Å². The zero-order valence-electron chi connectivity index (χ0n) is 13.7. The maximum absolute atomic E-state index is 4.69. The molecule has 1 atom stereocenters. The number of aromatic nitrogens is 7. The average Bonchev–Trinajstić information content (AvgIpc) is 3.13. The van der Waals surface area contributed by atoms with Gasteiger partial charge in [-0.1, -0.05) is 0 Å². The molecule has 1 N–H and O–H groups in total. The Labute approximate surface area is 139 Å². The number of aryl methyl sites for hydroxylation is 1. The summed E-state index contributed by atoms with van der Waals surface area (Å²) in [5.41, 5.74) is 0.806. The Kier molecular flexibility index (Phi) is 3.04. The lowest BCUT2D eigenvalue weighted by Gasteiger charge is -2.33. The Morgan fingerprint density at radius 3 is 3.00 bits per heavy atom. The first-order valence-electron chi connectivity index (χ1n) is 8.61. The molecule has 3 aromatic heterocycles. The fourth-order valence-corrected chi connectivity index (χ4v) is 3.73. The molecule has 0 bridgehead atoms. The van der Waals surface area contributed by atoms with Gasteiger partial charge in [-0.05, 0) is 32.6 Å². The molecule has 0 spiro atoms. The van der Waals surface area contributed by atoms with Gasteiger partial charge < -0.3 is 9.47 Å². The lowest BCUT2D eigenvalue weighted by molar-refractivity contribution is 0.469. The topological polar surface area (TPSA) is 88.4 Å². The van der Waals surface area contributed by atoms with Crippen LogP contribution in [0.2, 0.25) is 0 Å². The minimum Gasteiger partial charge on any atom is -0.355 e. The van der Waals surface area contributed by atoms with Gasteiger partial charge in [0.1, 0.15) is 23.8 Å². The summed E-state index contributed by atoms with van der Waals surface area (Å²) in [5.74, 6) is 3.29. The van der Waals surface area contributed by atoms with Crippen molar-refractivity contribution in [2.24, 2.45) is 0 Å². The van der Waals surface area contributed by atoms with Crippen LogP contribution in [0.25, 0.3) is 11.0 Å². The van der Waals surface area contributed by atoms with E-state index in [1.807, 2.05) is 19.4 Å². The van der Waals surface area contributed by atoms with Gasteiger partial charge in [0.15, 0.2) is 5.65 Å². The number of hydrogen-bond donors (Lipinski definition) is 1. The van der Waals surface area contributed by atoms with Gasteiger partial charge in [-0.3, -0.25) is 5.10 Å². The van der Waals surface area contributed by atoms with Crippen LogP contribution in [0.15, 0.2) is 12.5 Å². The number of hydrogen-bond acceptors (Lipinski definition) is 6. The van der Waals surface area contributed by atoms with Crippen molar-refractivity contribution < 1.29 is 0 Å². The zero-order valence-corrected chi connectivity index (χ0v) is 13.7. The SMILES string of the molecule is Cc1nc(N2CCCC(c3nncn3C3CC3)C2)c2cn[nH]c2n1. The van der Waals surface area contributed by atoms with Crippen molar-refractivity contribution in [3.05, 3.63) is 24.2 Å². The van der Waals surface area contributed by atoms with Gasteiger partial charge in [0, 0.05) is 25.0 Å². The lowest BCUT2D eigenvalue weighted by Crippen LogP contribution is -2.36. The molecule has 8 heteroatoms. The summed E-state index contributed by atoms with van der Waals surface area (Å²) in [7, 11) is 0. The van der Waals surface area contributed by atoms with Gasteiger partial charge in [-0.2, -0.15) is 5.10 Å². The maximum Gasteiger partial charge on any atom is 0.161 e. The highest BCUT2D eigenvalue weighted by molar-refractivity contribution is 5.86. The van der Waals surface area contributed by atoms with Gasteiger partial charge in [-0.15, -0.1) is 10.2 Å². The van der Waals surface area contributed by atoms with E-state index in [0.29, 0.717) is 12.0 Å². The minimum absolute atomic E-state index is 0.402. The van der Waals surface area contributed by atoms with Crippen LogP contribution in [-0.4, -0.2) is 48.0 Å². The van der Waals surface area contributed by atoms with Gasteiger partial charge in [0.2, 0.25) is 0 Å². The predicted octanol–water partition coefficient (Wildman–Crippen LogP) is 1.97. The molecule has 1 aliphatic heterocycles. The van der Waals surface area contributed by atoms with Crippen molar-refractivity contribution in [2.75, 3.05) is 18.0 Å². The summed E-state index contributed by atoms with van der Waals surface area (Å²) in [6.07, 6.45) is 8.50. The molecule has 5 rings (SSSR count). The van der Waals surface area contributed by atoms with Crippen molar-refractivity contribution in [2.45, 2.75) is 44.6 Å². The highest BCUT2D eigenvalue weighted by Gasteiger charge is 2.32. The molecular weight excluding hydrogens is 304 g/mol. The predicted molar refractivity (Wildman–Crippen MR) is 88.9 cm³/mol. The quantitative estimate of drug-likeness (QED) is 0.792. The van der Waals surface area contributed by atoms with E-state index in [9.17, 15) is 0 Å². The normalized spacial score (nSPS) is 21.5. The summed E-state index contributed by atoms with van der Waals surface area (Å²) >= 11 is 0. The first-order chi connectivity index (χ1) is 11.8. The number of H-pyrrole nitrogens is 1. The van der Waals surface area contributed by atoms with E-state index in [1.165, 1.54) is 12.8 Å². The van der Waals surface area contributed by atoms with Gasteiger partial charge in [0.25, 0.3) is 0 Å². The number of nitrogens with zero attached hydrogens (tertiary/aromatic N) is 7. The first-order valence-corrected chi connectivity index (χ1v) is 8.61. The number of nitrogens with one attached hydrogen (secondary N) is 1. The third-order valence-corrected chi connectivity index (χ3v) is 5.03.